The summed E-state index contributed by atoms with van der Waals surface area (Å²) in [6, 6.07) is 7.56. The van der Waals surface area contributed by atoms with Crippen LogP contribution >= 0.6 is 0 Å². The fourth-order valence-electron chi connectivity index (χ4n) is 1.86. The molecule has 1 unspecified atom stereocenters. The maximum absolute atomic E-state index is 5.63. The molecule has 90 valence electrons. The van der Waals surface area contributed by atoms with Gasteiger partial charge >= 0.3 is 0 Å². The van der Waals surface area contributed by atoms with Crippen LogP contribution in [0.2, 0.25) is 0 Å². The van der Waals surface area contributed by atoms with Crippen molar-refractivity contribution in [3.05, 3.63) is 48.0 Å². The monoisotopic (exact) mass is 232 g/mol. The molecular formula is C12H16N4O. The van der Waals surface area contributed by atoms with Crippen LogP contribution in [0.25, 0.3) is 0 Å². The first-order chi connectivity index (χ1) is 8.27. The van der Waals surface area contributed by atoms with Gasteiger partial charge in [0.1, 0.15) is 17.6 Å². The van der Waals surface area contributed by atoms with Crippen molar-refractivity contribution in [1.82, 2.24) is 15.0 Å². The number of benzene rings is 1. The molecule has 2 rings (SSSR count). The number of aryl methyl sites for hydroxylation is 1. The van der Waals surface area contributed by atoms with Crippen molar-refractivity contribution in [2.45, 2.75) is 6.04 Å². The number of rotatable bonds is 4. The summed E-state index contributed by atoms with van der Waals surface area (Å²) in [6.07, 6.45) is 3.63. The summed E-state index contributed by atoms with van der Waals surface area (Å²) >= 11 is 0. The molecular weight excluding hydrogens is 216 g/mol. The van der Waals surface area contributed by atoms with E-state index in [0.29, 0.717) is 0 Å². The van der Waals surface area contributed by atoms with Crippen molar-refractivity contribution >= 4 is 0 Å². The molecule has 0 fully saturated rings. The molecule has 0 radical (unpaired) electrons. The van der Waals surface area contributed by atoms with Gasteiger partial charge in [-0.25, -0.2) is 10.4 Å². The van der Waals surface area contributed by atoms with Gasteiger partial charge in [-0.1, -0.05) is 18.2 Å². The van der Waals surface area contributed by atoms with Crippen molar-refractivity contribution in [1.29, 1.82) is 0 Å². The average molecular weight is 232 g/mol. The molecule has 0 saturated carbocycles. The van der Waals surface area contributed by atoms with Crippen molar-refractivity contribution in [3.63, 3.8) is 0 Å². The highest BCUT2D eigenvalue weighted by Gasteiger charge is 2.19. The van der Waals surface area contributed by atoms with E-state index in [9.17, 15) is 0 Å². The Balaban J connectivity index is 2.46. The maximum Gasteiger partial charge on any atom is 0.131 e. The first kappa shape index (κ1) is 11.6. The SMILES string of the molecule is COc1ccccc1C(NN)c1nccn1C. The Hall–Kier alpha value is -1.85. The molecule has 0 amide bonds. The molecule has 0 aliphatic heterocycles. The molecule has 17 heavy (non-hydrogen) atoms. The number of imidazole rings is 1. The number of hydrogen-bond acceptors (Lipinski definition) is 4. The lowest BCUT2D eigenvalue weighted by Gasteiger charge is -2.18. The van der Waals surface area contributed by atoms with Crippen LogP contribution in [0.5, 0.6) is 5.75 Å². The molecule has 0 bridgehead atoms. The quantitative estimate of drug-likeness (QED) is 0.609. The number of para-hydroxylation sites is 1. The van der Waals surface area contributed by atoms with Crippen LogP contribution in [0.3, 0.4) is 0 Å². The topological polar surface area (TPSA) is 65.1 Å². The Labute approximate surface area is 100 Å². The number of nitrogens with two attached hydrogens (primary N) is 1. The number of nitrogens with one attached hydrogen (secondary N) is 1. The molecule has 3 N–H and O–H groups in total. The molecule has 0 saturated heterocycles. The van der Waals surface area contributed by atoms with Crippen molar-refractivity contribution in [2.75, 3.05) is 7.11 Å². The Morgan fingerprint density at radius 1 is 1.41 bits per heavy atom. The predicted octanol–water partition coefficient (Wildman–Crippen LogP) is 0.981. The fraction of sp³-hybridized carbons (Fsp3) is 0.250. The largest absolute Gasteiger partial charge is 0.496 e. The van der Waals surface area contributed by atoms with Gasteiger partial charge in [-0.2, -0.15) is 0 Å². The highest BCUT2D eigenvalue weighted by molar-refractivity contribution is 5.38. The lowest BCUT2D eigenvalue weighted by atomic mass is 10.1. The van der Waals surface area contributed by atoms with Gasteiger partial charge in [0.2, 0.25) is 0 Å². The van der Waals surface area contributed by atoms with Gasteiger partial charge in [-0.15, -0.1) is 0 Å². The van der Waals surface area contributed by atoms with Crippen molar-refractivity contribution in [3.8, 4) is 5.75 Å². The molecule has 0 spiro atoms. The first-order valence-electron chi connectivity index (χ1n) is 5.34. The predicted molar refractivity (Wildman–Crippen MR) is 65.4 cm³/mol. The molecule has 1 aromatic carbocycles. The molecule has 0 aliphatic carbocycles. The third-order valence-electron chi connectivity index (χ3n) is 2.73. The van der Waals surface area contributed by atoms with Crippen LogP contribution in [0.15, 0.2) is 36.7 Å². The second kappa shape index (κ2) is 4.99. The second-order valence-corrected chi connectivity index (χ2v) is 3.74. The zero-order valence-corrected chi connectivity index (χ0v) is 9.92. The van der Waals surface area contributed by atoms with Gasteiger partial charge in [0.15, 0.2) is 0 Å². The number of aromatic nitrogens is 2. The number of hydrazine groups is 1. The lowest BCUT2D eigenvalue weighted by molar-refractivity contribution is 0.402. The second-order valence-electron chi connectivity index (χ2n) is 3.74. The van der Waals surface area contributed by atoms with E-state index in [-0.39, 0.29) is 6.04 Å². The van der Waals surface area contributed by atoms with E-state index >= 15 is 0 Å². The van der Waals surface area contributed by atoms with E-state index < -0.39 is 0 Å². The van der Waals surface area contributed by atoms with E-state index in [1.54, 1.807) is 13.3 Å². The van der Waals surface area contributed by atoms with Crippen LogP contribution in [-0.2, 0) is 7.05 Å². The number of hydrogen-bond donors (Lipinski definition) is 2. The number of nitrogens with zero attached hydrogens (tertiary/aromatic N) is 2. The third-order valence-corrected chi connectivity index (χ3v) is 2.73. The van der Waals surface area contributed by atoms with Crippen molar-refractivity contribution in [2.24, 2.45) is 12.9 Å². The Morgan fingerprint density at radius 3 is 2.76 bits per heavy atom. The summed E-state index contributed by atoms with van der Waals surface area (Å²) in [7, 11) is 3.58. The Morgan fingerprint density at radius 2 is 2.18 bits per heavy atom. The van der Waals surface area contributed by atoms with E-state index in [1.807, 2.05) is 42.1 Å². The molecule has 5 nitrogen and oxygen atoms in total. The molecule has 2 aromatic rings. The molecule has 1 heterocycles. The van der Waals surface area contributed by atoms with Gasteiger partial charge < -0.3 is 9.30 Å². The lowest BCUT2D eigenvalue weighted by Crippen LogP contribution is -2.31. The standard InChI is InChI=1S/C12H16N4O/c1-16-8-7-14-12(16)11(15-13)9-5-3-4-6-10(9)17-2/h3-8,11,15H,13H2,1-2H3. The summed E-state index contributed by atoms with van der Waals surface area (Å²) in [5.74, 6) is 7.26. The normalized spacial score (nSPS) is 12.4. The summed E-state index contributed by atoms with van der Waals surface area (Å²) < 4.78 is 7.26. The van der Waals surface area contributed by atoms with Gasteiger partial charge in [-0.05, 0) is 6.07 Å². The molecule has 5 heteroatoms. The smallest absolute Gasteiger partial charge is 0.131 e. The van der Waals surface area contributed by atoms with E-state index in [0.717, 1.165) is 17.1 Å². The van der Waals surface area contributed by atoms with Crippen LogP contribution in [0, 0.1) is 0 Å². The Bertz CT molecular complexity index is 495. The zero-order valence-electron chi connectivity index (χ0n) is 9.92. The highest BCUT2D eigenvalue weighted by Crippen LogP contribution is 2.27. The molecule has 1 atom stereocenters. The minimum atomic E-state index is -0.189. The number of ether oxygens (including phenoxy) is 1. The zero-order chi connectivity index (χ0) is 12.3. The summed E-state index contributed by atoms with van der Waals surface area (Å²) in [6.45, 7) is 0. The van der Waals surface area contributed by atoms with Crippen LogP contribution in [0.4, 0.5) is 0 Å². The summed E-state index contributed by atoms with van der Waals surface area (Å²) in [4.78, 5) is 4.30. The summed E-state index contributed by atoms with van der Waals surface area (Å²) in [5.41, 5.74) is 3.74. The minimum Gasteiger partial charge on any atom is -0.496 e. The number of methoxy groups -OCH3 is 1. The van der Waals surface area contributed by atoms with Gasteiger partial charge in [0.05, 0.1) is 7.11 Å². The minimum absolute atomic E-state index is 0.189. The maximum atomic E-state index is 5.63. The third kappa shape index (κ3) is 2.15. The van der Waals surface area contributed by atoms with Crippen LogP contribution in [0.1, 0.15) is 17.4 Å². The van der Waals surface area contributed by atoms with E-state index in [2.05, 4.69) is 10.4 Å². The van der Waals surface area contributed by atoms with E-state index in [4.69, 9.17) is 10.6 Å². The van der Waals surface area contributed by atoms with Gasteiger partial charge in [0, 0.05) is 25.0 Å². The van der Waals surface area contributed by atoms with E-state index in [1.165, 1.54) is 0 Å². The van der Waals surface area contributed by atoms with Gasteiger partial charge in [0.25, 0.3) is 0 Å². The molecule has 0 aliphatic rings. The summed E-state index contributed by atoms with van der Waals surface area (Å²) in [5, 5.41) is 0. The van der Waals surface area contributed by atoms with Crippen LogP contribution < -0.4 is 16.0 Å². The van der Waals surface area contributed by atoms with Crippen LogP contribution in [-0.4, -0.2) is 16.7 Å². The Kier molecular flexibility index (Phi) is 3.41. The van der Waals surface area contributed by atoms with Gasteiger partial charge in [-0.3, -0.25) is 5.84 Å². The molecule has 1 aromatic heterocycles. The van der Waals surface area contributed by atoms with Crippen molar-refractivity contribution < 1.29 is 4.74 Å². The average Bonchev–Trinajstić information content (AvgIpc) is 2.78. The highest BCUT2D eigenvalue weighted by atomic mass is 16.5. The first-order valence-corrected chi connectivity index (χ1v) is 5.34. The fourth-order valence-corrected chi connectivity index (χ4v) is 1.86.